The van der Waals surface area contributed by atoms with Gasteiger partial charge in [-0.2, -0.15) is 0 Å². The third-order valence-corrected chi connectivity index (χ3v) is 3.37. The van der Waals surface area contributed by atoms with E-state index >= 15 is 0 Å². The predicted molar refractivity (Wildman–Crippen MR) is 69.9 cm³/mol. The topological polar surface area (TPSA) is 60.2 Å². The number of hydrogen-bond donors (Lipinski definition) is 1. The van der Waals surface area contributed by atoms with Crippen LogP contribution in [-0.2, 0) is 11.3 Å². The molecule has 18 heavy (non-hydrogen) atoms. The van der Waals surface area contributed by atoms with Crippen LogP contribution in [0.25, 0.3) is 0 Å². The number of rotatable bonds is 5. The molecule has 0 saturated heterocycles. The van der Waals surface area contributed by atoms with E-state index in [-0.39, 0.29) is 0 Å². The number of methoxy groups -OCH3 is 1. The molecular formula is C12H15N3O2S. The minimum Gasteiger partial charge on any atom is -0.468 e. The van der Waals surface area contributed by atoms with Crippen LogP contribution in [0.5, 0.6) is 0 Å². The first kappa shape index (κ1) is 12.9. The SMILES string of the molecule is CNc1cc(Sc2ccoc2C)nc(COC)n1. The Balaban J connectivity index is 2.26. The van der Waals surface area contributed by atoms with Gasteiger partial charge in [-0.25, -0.2) is 9.97 Å². The summed E-state index contributed by atoms with van der Waals surface area (Å²) in [4.78, 5) is 9.80. The maximum atomic E-state index is 5.27. The third kappa shape index (κ3) is 3.02. The molecule has 1 N–H and O–H groups in total. The van der Waals surface area contributed by atoms with Gasteiger partial charge in [0, 0.05) is 20.2 Å². The number of nitrogens with one attached hydrogen (secondary N) is 1. The zero-order valence-electron chi connectivity index (χ0n) is 10.6. The van der Waals surface area contributed by atoms with E-state index in [0.29, 0.717) is 12.4 Å². The smallest absolute Gasteiger partial charge is 0.157 e. The highest BCUT2D eigenvalue weighted by atomic mass is 32.2. The summed E-state index contributed by atoms with van der Waals surface area (Å²) in [6.45, 7) is 2.33. The molecule has 96 valence electrons. The van der Waals surface area contributed by atoms with Crippen molar-refractivity contribution in [2.75, 3.05) is 19.5 Å². The molecule has 2 rings (SSSR count). The highest BCUT2D eigenvalue weighted by Gasteiger charge is 2.08. The van der Waals surface area contributed by atoms with E-state index in [1.807, 2.05) is 26.1 Å². The van der Waals surface area contributed by atoms with Crippen LogP contribution in [0, 0.1) is 6.92 Å². The standard InChI is InChI=1S/C12H15N3O2S/c1-8-9(4-5-17-8)18-12-6-10(13-2)14-11(15-12)7-16-3/h4-6H,7H2,1-3H3,(H,13,14,15). The number of aryl methyl sites for hydroxylation is 1. The van der Waals surface area contributed by atoms with E-state index < -0.39 is 0 Å². The van der Waals surface area contributed by atoms with Gasteiger partial charge in [0.25, 0.3) is 0 Å². The van der Waals surface area contributed by atoms with Gasteiger partial charge in [0.05, 0.1) is 11.2 Å². The average Bonchev–Trinajstić information content (AvgIpc) is 2.75. The zero-order valence-corrected chi connectivity index (χ0v) is 11.4. The summed E-state index contributed by atoms with van der Waals surface area (Å²) in [7, 11) is 3.46. The van der Waals surface area contributed by atoms with Crippen molar-refractivity contribution in [2.24, 2.45) is 0 Å². The lowest BCUT2D eigenvalue weighted by Crippen LogP contribution is -2.02. The zero-order chi connectivity index (χ0) is 13.0. The number of aromatic nitrogens is 2. The van der Waals surface area contributed by atoms with Crippen molar-refractivity contribution in [1.82, 2.24) is 9.97 Å². The molecule has 0 unspecified atom stereocenters. The number of hydrogen-bond acceptors (Lipinski definition) is 6. The highest BCUT2D eigenvalue weighted by Crippen LogP contribution is 2.30. The molecule has 0 aliphatic rings. The van der Waals surface area contributed by atoms with E-state index in [4.69, 9.17) is 9.15 Å². The average molecular weight is 265 g/mol. The molecule has 5 nitrogen and oxygen atoms in total. The Hall–Kier alpha value is -1.53. The first-order chi connectivity index (χ1) is 8.72. The summed E-state index contributed by atoms with van der Waals surface area (Å²) in [5.41, 5.74) is 0. The second-order valence-electron chi connectivity index (χ2n) is 3.63. The number of furan rings is 1. The van der Waals surface area contributed by atoms with Crippen molar-refractivity contribution in [3.63, 3.8) is 0 Å². The summed E-state index contributed by atoms with van der Waals surface area (Å²) < 4.78 is 10.3. The molecule has 0 spiro atoms. The van der Waals surface area contributed by atoms with Crippen LogP contribution in [0.3, 0.4) is 0 Å². The van der Waals surface area contributed by atoms with Crippen LogP contribution in [0.1, 0.15) is 11.6 Å². The van der Waals surface area contributed by atoms with Crippen LogP contribution in [-0.4, -0.2) is 24.1 Å². The number of anilines is 1. The fourth-order valence-corrected chi connectivity index (χ4v) is 2.30. The molecule has 2 aromatic heterocycles. The first-order valence-electron chi connectivity index (χ1n) is 5.49. The van der Waals surface area contributed by atoms with Crippen molar-refractivity contribution < 1.29 is 9.15 Å². The Morgan fingerprint density at radius 2 is 2.28 bits per heavy atom. The summed E-state index contributed by atoms with van der Waals surface area (Å²) in [6, 6.07) is 3.83. The summed E-state index contributed by atoms with van der Waals surface area (Å²) >= 11 is 1.55. The third-order valence-electron chi connectivity index (χ3n) is 2.30. The molecular weight excluding hydrogens is 250 g/mol. The molecule has 2 heterocycles. The Kier molecular flexibility index (Phi) is 4.22. The van der Waals surface area contributed by atoms with Crippen molar-refractivity contribution in [2.45, 2.75) is 23.5 Å². The maximum Gasteiger partial charge on any atom is 0.157 e. The van der Waals surface area contributed by atoms with Crippen LogP contribution in [0.15, 0.2) is 32.7 Å². The Morgan fingerprint density at radius 1 is 1.44 bits per heavy atom. The molecule has 0 aliphatic heterocycles. The predicted octanol–water partition coefficient (Wildman–Crippen LogP) is 2.72. The van der Waals surface area contributed by atoms with Crippen LogP contribution >= 0.6 is 11.8 Å². The van der Waals surface area contributed by atoms with Crippen LogP contribution in [0.2, 0.25) is 0 Å². The van der Waals surface area contributed by atoms with Gasteiger partial charge >= 0.3 is 0 Å². The van der Waals surface area contributed by atoms with E-state index in [2.05, 4.69) is 15.3 Å². The molecule has 0 bridgehead atoms. The molecule has 2 aromatic rings. The maximum absolute atomic E-state index is 5.27. The minimum atomic E-state index is 0.396. The van der Waals surface area contributed by atoms with Crippen molar-refractivity contribution in [3.05, 3.63) is 30.0 Å². The summed E-state index contributed by atoms with van der Waals surface area (Å²) in [5, 5.41) is 3.88. The second-order valence-corrected chi connectivity index (χ2v) is 4.70. The second kappa shape index (κ2) is 5.88. The number of nitrogens with zero attached hydrogens (tertiary/aromatic N) is 2. The van der Waals surface area contributed by atoms with Gasteiger partial charge in [0.2, 0.25) is 0 Å². The lowest BCUT2D eigenvalue weighted by atomic mass is 10.5. The van der Waals surface area contributed by atoms with Gasteiger partial charge in [0.15, 0.2) is 5.82 Å². The Labute approximate surface area is 110 Å². The van der Waals surface area contributed by atoms with Gasteiger partial charge in [-0.05, 0) is 13.0 Å². The van der Waals surface area contributed by atoms with Crippen molar-refractivity contribution in [1.29, 1.82) is 0 Å². The van der Waals surface area contributed by atoms with Crippen LogP contribution < -0.4 is 5.32 Å². The molecule has 6 heteroatoms. The quantitative estimate of drug-likeness (QED) is 0.839. The van der Waals surface area contributed by atoms with Gasteiger partial charge < -0.3 is 14.5 Å². The normalized spacial score (nSPS) is 10.6. The molecule has 0 fully saturated rings. The van der Waals surface area contributed by atoms with E-state index in [1.54, 1.807) is 25.1 Å². The molecule has 0 amide bonds. The monoisotopic (exact) mass is 265 g/mol. The van der Waals surface area contributed by atoms with Crippen molar-refractivity contribution in [3.8, 4) is 0 Å². The molecule has 0 saturated carbocycles. The van der Waals surface area contributed by atoms with Gasteiger partial charge in [-0.3, -0.25) is 0 Å². The summed E-state index contributed by atoms with van der Waals surface area (Å²) in [6.07, 6.45) is 1.67. The van der Waals surface area contributed by atoms with E-state index in [1.165, 1.54) is 0 Å². The molecule has 0 aromatic carbocycles. The molecule has 0 radical (unpaired) electrons. The lowest BCUT2D eigenvalue weighted by molar-refractivity contribution is 0.177. The first-order valence-corrected chi connectivity index (χ1v) is 6.31. The lowest BCUT2D eigenvalue weighted by Gasteiger charge is -2.06. The van der Waals surface area contributed by atoms with Crippen molar-refractivity contribution >= 4 is 17.6 Å². The largest absolute Gasteiger partial charge is 0.468 e. The summed E-state index contributed by atoms with van der Waals surface area (Å²) in [5.74, 6) is 2.33. The fourth-order valence-electron chi connectivity index (χ4n) is 1.44. The number of ether oxygens (including phenoxy) is 1. The van der Waals surface area contributed by atoms with E-state index in [9.17, 15) is 0 Å². The van der Waals surface area contributed by atoms with Gasteiger partial charge in [0.1, 0.15) is 23.2 Å². The molecule has 0 atom stereocenters. The van der Waals surface area contributed by atoms with Crippen LogP contribution in [0.4, 0.5) is 5.82 Å². The van der Waals surface area contributed by atoms with Gasteiger partial charge in [-0.1, -0.05) is 11.8 Å². The van der Waals surface area contributed by atoms with E-state index in [0.717, 1.165) is 21.5 Å². The molecule has 0 aliphatic carbocycles. The Bertz CT molecular complexity index is 528. The highest BCUT2D eigenvalue weighted by molar-refractivity contribution is 7.99. The minimum absolute atomic E-state index is 0.396. The fraction of sp³-hybridized carbons (Fsp3) is 0.333. The Morgan fingerprint density at radius 3 is 2.89 bits per heavy atom. The van der Waals surface area contributed by atoms with Gasteiger partial charge in [-0.15, -0.1) is 0 Å².